The second kappa shape index (κ2) is 6.18. The molecule has 0 amide bonds. The maximum atomic E-state index is 8.98. The van der Waals surface area contributed by atoms with E-state index >= 15 is 0 Å². The first kappa shape index (κ1) is 12.6. The van der Waals surface area contributed by atoms with Crippen LogP contribution in [0.1, 0.15) is 49.8 Å². The molecule has 2 N–H and O–H groups in total. The fourth-order valence-corrected chi connectivity index (χ4v) is 2.71. The third-order valence-electron chi connectivity index (χ3n) is 3.67. The standard InChI is InChI=1S/C15H23NO/c1-12(10-11-17)16-15-9-5-3-7-13-6-2-4-8-14(13)15/h2,4,6,8,12,15-17H,3,5,7,9-11H2,1H3. The lowest BCUT2D eigenvalue weighted by molar-refractivity contribution is 0.261. The van der Waals surface area contributed by atoms with Crippen LogP contribution in [-0.2, 0) is 6.42 Å². The second-order valence-corrected chi connectivity index (χ2v) is 5.08. The van der Waals surface area contributed by atoms with Crippen LogP contribution in [-0.4, -0.2) is 17.8 Å². The molecule has 1 aromatic rings. The minimum Gasteiger partial charge on any atom is -0.396 e. The van der Waals surface area contributed by atoms with E-state index < -0.39 is 0 Å². The predicted molar refractivity (Wildman–Crippen MR) is 71.0 cm³/mol. The van der Waals surface area contributed by atoms with Crippen LogP contribution >= 0.6 is 0 Å². The summed E-state index contributed by atoms with van der Waals surface area (Å²) in [5.74, 6) is 0. The van der Waals surface area contributed by atoms with E-state index in [1.807, 2.05) is 0 Å². The van der Waals surface area contributed by atoms with Gasteiger partial charge in [-0.05, 0) is 43.7 Å². The molecule has 1 aliphatic carbocycles. The lowest BCUT2D eigenvalue weighted by Gasteiger charge is -2.23. The molecule has 2 rings (SSSR count). The van der Waals surface area contributed by atoms with Crippen LogP contribution in [0.25, 0.3) is 0 Å². The summed E-state index contributed by atoms with van der Waals surface area (Å²) in [4.78, 5) is 0. The van der Waals surface area contributed by atoms with Crippen molar-refractivity contribution in [2.24, 2.45) is 0 Å². The predicted octanol–water partition coefficient (Wildman–Crippen LogP) is 2.81. The first-order chi connectivity index (χ1) is 8.31. The molecule has 2 unspecified atom stereocenters. The summed E-state index contributed by atoms with van der Waals surface area (Å²) in [5, 5.41) is 12.6. The summed E-state index contributed by atoms with van der Waals surface area (Å²) < 4.78 is 0. The topological polar surface area (TPSA) is 32.3 Å². The minimum absolute atomic E-state index is 0.266. The average Bonchev–Trinajstić information content (AvgIpc) is 2.53. The van der Waals surface area contributed by atoms with Crippen molar-refractivity contribution in [2.75, 3.05) is 6.61 Å². The summed E-state index contributed by atoms with van der Waals surface area (Å²) in [6, 6.07) is 9.63. The Balaban J connectivity index is 2.11. The highest BCUT2D eigenvalue weighted by Gasteiger charge is 2.19. The van der Waals surface area contributed by atoms with Gasteiger partial charge in [0.25, 0.3) is 0 Å². The summed E-state index contributed by atoms with van der Waals surface area (Å²) >= 11 is 0. The maximum Gasteiger partial charge on any atom is 0.0445 e. The smallest absolute Gasteiger partial charge is 0.0445 e. The Labute approximate surface area is 104 Å². The van der Waals surface area contributed by atoms with Crippen LogP contribution in [0.2, 0.25) is 0 Å². The molecule has 94 valence electrons. The van der Waals surface area contributed by atoms with Crippen molar-refractivity contribution in [1.29, 1.82) is 0 Å². The van der Waals surface area contributed by atoms with Crippen LogP contribution in [0.3, 0.4) is 0 Å². The van der Waals surface area contributed by atoms with Crippen molar-refractivity contribution in [3.8, 4) is 0 Å². The van der Waals surface area contributed by atoms with Gasteiger partial charge >= 0.3 is 0 Å². The zero-order valence-corrected chi connectivity index (χ0v) is 10.7. The molecule has 0 saturated heterocycles. The SMILES string of the molecule is CC(CCO)NC1CCCCc2ccccc21. The molecule has 17 heavy (non-hydrogen) atoms. The Morgan fingerprint density at radius 3 is 3.00 bits per heavy atom. The van der Waals surface area contributed by atoms with Crippen LogP contribution in [0.4, 0.5) is 0 Å². The molecule has 0 radical (unpaired) electrons. The highest BCUT2D eigenvalue weighted by Crippen LogP contribution is 2.28. The molecular formula is C15H23NO. The number of rotatable bonds is 4. The lowest BCUT2D eigenvalue weighted by Crippen LogP contribution is -2.31. The minimum atomic E-state index is 0.266. The first-order valence-corrected chi connectivity index (χ1v) is 6.76. The van der Waals surface area contributed by atoms with Gasteiger partial charge in [0.1, 0.15) is 0 Å². The summed E-state index contributed by atoms with van der Waals surface area (Å²) in [7, 11) is 0. The normalized spacial score (nSPS) is 21.6. The zero-order valence-electron chi connectivity index (χ0n) is 10.7. The molecular weight excluding hydrogens is 210 g/mol. The number of aliphatic hydroxyl groups is 1. The molecule has 0 aliphatic heterocycles. The molecule has 0 aromatic heterocycles. The van der Waals surface area contributed by atoms with Gasteiger partial charge in [0.05, 0.1) is 0 Å². The molecule has 0 saturated carbocycles. The third-order valence-corrected chi connectivity index (χ3v) is 3.67. The number of nitrogens with one attached hydrogen (secondary N) is 1. The van der Waals surface area contributed by atoms with Crippen LogP contribution in [0, 0.1) is 0 Å². The third kappa shape index (κ3) is 3.30. The monoisotopic (exact) mass is 233 g/mol. The maximum absolute atomic E-state index is 8.98. The van der Waals surface area contributed by atoms with Gasteiger partial charge in [-0.2, -0.15) is 0 Å². The Kier molecular flexibility index (Phi) is 4.57. The van der Waals surface area contributed by atoms with Crippen molar-refractivity contribution < 1.29 is 5.11 Å². The van der Waals surface area contributed by atoms with Crippen molar-refractivity contribution in [2.45, 2.75) is 51.1 Å². The van der Waals surface area contributed by atoms with Crippen LogP contribution in [0.15, 0.2) is 24.3 Å². The number of benzene rings is 1. The first-order valence-electron chi connectivity index (χ1n) is 6.76. The Morgan fingerprint density at radius 2 is 2.18 bits per heavy atom. The Bertz CT molecular complexity index is 351. The molecule has 2 heteroatoms. The largest absolute Gasteiger partial charge is 0.396 e. The summed E-state index contributed by atoms with van der Waals surface area (Å²) in [6.45, 7) is 2.42. The molecule has 0 spiro atoms. The van der Waals surface area contributed by atoms with E-state index in [4.69, 9.17) is 5.11 Å². The van der Waals surface area contributed by atoms with E-state index in [0.29, 0.717) is 12.1 Å². The Hall–Kier alpha value is -0.860. The molecule has 1 aromatic carbocycles. The summed E-state index contributed by atoms with van der Waals surface area (Å²) in [5.41, 5.74) is 2.97. The molecule has 0 heterocycles. The quantitative estimate of drug-likeness (QED) is 0.784. The van der Waals surface area contributed by atoms with E-state index in [2.05, 4.69) is 36.5 Å². The number of hydrogen-bond acceptors (Lipinski definition) is 2. The zero-order chi connectivity index (χ0) is 12.1. The molecule has 2 atom stereocenters. The highest BCUT2D eigenvalue weighted by molar-refractivity contribution is 5.31. The van der Waals surface area contributed by atoms with Crippen LogP contribution in [0.5, 0.6) is 0 Å². The van der Waals surface area contributed by atoms with Gasteiger partial charge in [0.15, 0.2) is 0 Å². The summed E-state index contributed by atoms with van der Waals surface area (Å²) in [6.07, 6.45) is 5.84. The van der Waals surface area contributed by atoms with E-state index in [-0.39, 0.29) is 6.61 Å². The number of aryl methyl sites for hydroxylation is 1. The number of hydrogen-bond donors (Lipinski definition) is 2. The van der Waals surface area contributed by atoms with Gasteiger partial charge in [-0.25, -0.2) is 0 Å². The van der Waals surface area contributed by atoms with E-state index in [0.717, 1.165) is 6.42 Å². The van der Waals surface area contributed by atoms with Gasteiger partial charge in [-0.1, -0.05) is 30.7 Å². The van der Waals surface area contributed by atoms with Gasteiger partial charge in [-0.15, -0.1) is 0 Å². The lowest BCUT2D eigenvalue weighted by atomic mass is 9.98. The highest BCUT2D eigenvalue weighted by atomic mass is 16.3. The van der Waals surface area contributed by atoms with Gasteiger partial charge in [-0.3, -0.25) is 0 Å². The van der Waals surface area contributed by atoms with Crippen molar-refractivity contribution in [3.63, 3.8) is 0 Å². The van der Waals surface area contributed by atoms with Gasteiger partial charge in [0.2, 0.25) is 0 Å². The average molecular weight is 233 g/mol. The van der Waals surface area contributed by atoms with E-state index in [9.17, 15) is 0 Å². The van der Waals surface area contributed by atoms with Gasteiger partial charge in [0, 0.05) is 18.7 Å². The second-order valence-electron chi connectivity index (χ2n) is 5.08. The van der Waals surface area contributed by atoms with E-state index in [1.54, 1.807) is 0 Å². The van der Waals surface area contributed by atoms with Gasteiger partial charge < -0.3 is 10.4 Å². The molecule has 1 aliphatic rings. The van der Waals surface area contributed by atoms with Crippen molar-refractivity contribution in [3.05, 3.63) is 35.4 Å². The van der Waals surface area contributed by atoms with Crippen molar-refractivity contribution >= 4 is 0 Å². The number of aliphatic hydroxyl groups excluding tert-OH is 1. The molecule has 0 fully saturated rings. The van der Waals surface area contributed by atoms with Crippen molar-refractivity contribution in [1.82, 2.24) is 5.32 Å². The molecule has 2 nitrogen and oxygen atoms in total. The van der Waals surface area contributed by atoms with Crippen LogP contribution < -0.4 is 5.32 Å². The molecule has 0 bridgehead atoms. The fourth-order valence-electron chi connectivity index (χ4n) is 2.71. The Morgan fingerprint density at radius 1 is 1.35 bits per heavy atom. The van der Waals surface area contributed by atoms with E-state index in [1.165, 1.54) is 36.8 Å². The fraction of sp³-hybridized carbons (Fsp3) is 0.600. The number of fused-ring (bicyclic) bond motifs is 1.